The Bertz CT molecular complexity index is 668. The second-order valence-corrected chi connectivity index (χ2v) is 8.32. The van der Waals surface area contributed by atoms with E-state index in [9.17, 15) is 13.2 Å². The predicted octanol–water partition coefficient (Wildman–Crippen LogP) is 2.00. The molecule has 1 aliphatic carbocycles. The first kappa shape index (κ1) is 15.5. The van der Waals surface area contributed by atoms with E-state index >= 15 is 0 Å². The molecule has 22 heavy (non-hydrogen) atoms. The van der Waals surface area contributed by atoms with Crippen molar-refractivity contribution in [1.82, 2.24) is 9.62 Å². The van der Waals surface area contributed by atoms with Crippen LogP contribution in [0.15, 0.2) is 29.2 Å². The van der Waals surface area contributed by atoms with Crippen molar-refractivity contribution in [1.29, 1.82) is 0 Å². The number of nitrogens with one attached hydrogen (secondary N) is 1. The van der Waals surface area contributed by atoms with Crippen molar-refractivity contribution in [2.45, 2.75) is 43.5 Å². The monoisotopic (exact) mass is 322 g/mol. The fraction of sp³-hybridized carbons (Fsp3) is 0.562. The van der Waals surface area contributed by atoms with Crippen LogP contribution in [-0.2, 0) is 10.0 Å². The summed E-state index contributed by atoms with van der Waals surface area (Å²) >= 11 is 0. The van der Waals surface area contributed by atoms with Crippen LogP contribution in [0.25, 0.3) is 0 Å². The molecule has 1 saturated heterocycles. The van der Waals surface area contributed by atoms with Gasteiger partial charge in [0, 0.05) is 24.7 Å². The van der Waals surface area contributed by atoms with Crippen molar-refractivity contribution in [2.75, 3.05) is 13.1 Å². The third-order valence-corrected chi connectivity index (χ3v) is 6.13. The predicted molar refractivity (Wildman–Crippen MR) is 84.1 cm³/mol. The Kier molecular flexibility index (Phi) is 4.23. The Balaban J connectivity index is 1.82. The van der Waals surface area contributed by atoms with Crippen molar-refractivity contribution in [3.8, 4) is 0 Å². The standard InChI is InChI=1S/C16H22N2O3S/c1-12-4-3-9-18(11-12)22(20,21)15-6-2-5-13(10-15)16(19)17-14-7-8-14/h2,5-6,10,12,14H,3-4,7-9,11H2,1H3,(H,17,19)/t12-/m0/s1. The van der Waals surface area contributed by atoms with Crippen molar-refractivity contribution in [2.24, 2.45) is 5.92 Å². The fourth-order valence-electron chi connectivity index (χ4n) is 2.81. The van der Waals surface area contributed by atoms with E-state index in [0.717, 1.165) is 25.7 Å². The highest BCUT2D eigenvalue weighted by Crippen LogP contribution is 2.24. The van der Waals surface area contributed by atoms with Gasteiger partial charge < -0.3 is 5.32 Å². The van der Waals surface area contributed by atoms with Gasteiger partial charge in [0.05, 0.1) is 4.90 Å². The van der Waals surface area contributed by atoms with Crippen LogP contribution in [0.3, 0.4) is 0 Å². The van der Waals surface area contributed by atoms with E-state index in [0.29, 0.717) is 24.6 Å². The number of hydrogen-bond acceptors (Lipinski definition) is 3. The van der Waals surface area contributed by atoms with Gasteiger partial charge in [0.2, 0.25) is 10.0 Å². The molecule has 2 fully saturated rings. The minimum atomic E-state index is -3.51. The average Bonchev–Trinajstić information content (AvgIpc) is 3.31. The Morgan fingerprint density at radius 2 is 2.05 bits per heavy atom. The summed E-state index contributed by atoms with van der Waals surface area (Å²) in [7, 11) is -3.51. The average molecular weight is 322 g/mol. The van der Waals surface area contributed by atoms with Crippen LogP contribution in [0.5, 0.6) is 0 Å². The summed E-state index contributed by atoms with van der Waals surface area (Å²) in [5, 5.41) is 2.89. The lowest BCUT2D eigenvalue weighted by Gasteiger charge is -2.30. The molecule has 0 radical (unpaired) electrons. The van der Waals surface area contributed by atoms with E-state index < -0.39 is 10.0 Å². The van der Waals surface area contributed by atoms with E-state index in [4.69, 9.17) is 0 Å². The van der Waals surface area contributed by atoms with Crippen LogP contribution in [0.2, 0.25) is 0 Å². The third kappa shape index (κ3) is 3.33. The molecular formula is C16H22N2O3S. The van der Waals surface area contributed by atoms with Gasteiger partial charge in [0.1, 0.15) is 0 Å². The normalized spacial score (nSPS) is 23.2. The number of nitrogens with zero attached hydrogens (tertiary/aromatic N) is 1. The zero-order chi connectivity index (χ0) is 15.7. The lowest BCUT2D eigenvalue weighted by molar-refractivity contribution is 0.0951. The van der Waals surface area contributed by atoms with E-state index in [1.165, 1.54) is 6.07 Å². The molecule has 3 rings (SSSR count). The zero-order valence-electron chi connectivity index (χ0n) is 12.8. The summed E-state index contributed by atoms with van der Waals surface area (Å²) < 4.78 is 27.0. The molecule has 1 N–H and O–H groups in total. The van der Waals surface area contributed by atoms with Crippen molar-refractivity contribution in [3.05, 3.63) is 29.8 Å². The van der Waals surface area contributed by atoms with E-state index in [1.54, 1.807) is 22.5 Å². The van der Waals surface area contributed by atoms with Gasteiger partial charge in [-0.1, -0.05) is 13.0 Å². The number of carbonyl (C=O) groups is 1. The summed E-state index contributed by atoms with van der Waals surface area (Å²) in [6.07, 6.45) is 3.98. The van der Waals surface area contributed by atoms with Crippen LogP contribution in [-0.4, -0.2) is 37.8 Å². The molecular weight excluding hydrogens is 300 g/mol. The topological polar surface area (TPSA) is 66.5 Å². The first-order valence-electron chi connectivity index (χ1n) is 7.88. The van der Waals surface area contributed by atoms with E-state index in [2.05, 4.69) is 12.2 Å². The summed E-state index contributed by atoms with van der Waals surface area (Å²) in [5.41, 5.74) is 0.415. The van der Waals surface area contributed by atoms with E-state index in [1.807, 2.05) is 0 Å². The first-order chi connectivity index (χ1) is 10.5. The van der Waals surface area contributed by atoms with Crippen LogP contribution in [0.4, 0.5) is 0 Å². The van der Waals surface area contributed by atoms with Gasteiger partial charge >= 0.3 is 0 Å². The van der Waals surface area contributed by atoms with Gasteiger partial charge in [0.25, 0.3) is 5.91 Å². The number of amides is 1. The maximum absolute atomic E-state index is 12.7. The van der Waals surface area contributed by atoms with Crippen LogP contribution in [0.1, 0.15) is 43.0 Å². The Morgan fingerprint density at radius 3 is 2.73 bits per heavy atom. The summed E-state index contributed by atoms with van der Waals surface area (Å²) in [6.45, 7) is 3.19. The lowest BCUT2D eigenvalue weighted by atomic mass is 10.0. The SMILES string of the molecule is C[C@H]1CCCN(S(=O)(=O)c2cccc(C(=O)NC3CC3)c2)C1. The van der Waals surface area contributed by atoms with Crippen molar-refractivity contribution < 1.29 is 13.2 Å². The molecule has 0 aromatic heterocycles. The summed E-state index contributed by atoms with van der Waals surface area (Å²) in [5.74, 6) is 0.191. The molecule has 120 valence electrons. The van der Waals surface area contributed by atoms with Gasteiger partial charge in [-0.3, -0.25) is 4.79 Å². The highest BCUT2D eigenvalue weighted by Gasteiger charge is 2.29. The van der Waals surface area contributed by atoms with Gasteiger partial charge in [-0.05, 0) is 49.8 Å². The molecule has 5 nitrogen and oxygen atoms in total. The number of piperidine rings is 1. The Morgan fingerprint density at radius 1 is 1.27 bits per heavy atom. The quantitative estimate of drug-likeness (QED) is 0.922. The van der Waals surface area contributed by atoms with Crippen molar-refractivity contribution >= 4 is 15.9 Å². The molecule has 1 aromatic carbocycles. The number of rotatable bonds is 4. The molecule has 1 amide bonds. The number of carbonyl (C=O) groups excluding carboxylic acids is 1. The molecule has 1 aromatic rings. The number of benzene rings is 1. The smallest absolute Gasteiger partial charge is 0.251 e. The molecule has 1 saturated carbocycles. The van der Waals surface area contributed by atoms with E-state index in [-0.39, 0.29) is 16.8 Å². The highest BCUT2D eigenvalue weighted by atomic mass is 32.2. The maximum atomic E-state index is 12.7. The van der Waals surface area contributed by atoms with Gasteiger partial charge in [-0.2, -0.15) is 4.31 Å². The Hall–Kier alpha value is -1.40. The Labute approximate surface area is 131 Å². The molecule has 6 heteroatoms. The fourth-order valence-corrected chi connectivity index (χ4v) is 4.45. The van der Waals surface area contributed by atoms with Crippen LogP contribution < -0.4 is 5.32 Å². The molecule has 0 bridgehead atoms. The van der Waals surface area contributed by atoms with Crippen LogP contribution in [0, 0.1) is 5.92 Å². The number of hydrogen-bond donors (Lipinski definition) is 1. The van der Waals surface area contributed by atoms with Gasteiger partial charge in [-0.15, -0.1) is 0 Å². The lowest BCUT2D eigenvalue weighted by Crippen LogP contribution is -2.39. The number of sulfonamides is 1. The minimum absolute atomic E-state index is 0.188. The summed E-state index contributed by atoms with van der Waals surface area (Å²) in [6, 6.07) is 6.63. The summed E-state index contributed by atoms with van der Waals surface area (Å²) in [4.78, 5) is 12.3. The highest BCUT2D eigenvalue weighted by molar-refractivity contribution is 7.89. The largest absolute Gasteiger partial charge is 0.349 e. The second-order valence-electron chi connectivity index (χ2n) is 6.39. The molecule has 1 atom stereocenters. The van der Waals surface area contributed by atoms with Gasteiger partial charge in [-0.25, -0.2) is 8.42 Å². The molecule has 0 unspecified atom stereocenters. The molecule has 2 aliphatic rings. The third-order valence-electron chi connectivity index (χ3n) is 4.27. The molecule has 0 spiro atoms. The van der Waals surface area contributed by atoms with Gasteiger partial charge in [0.15, 0.2) is 0 Å². The first-order valence-corrected chi connectivity index (χ1v) is 9.32. The zero-order valence-corrected chi connectivity index (χ0v) is 13.6. The van der Waals surface area contributed by atoms with Crippen molar-refractivity contribution in [3.63, 3.8) is 0 Å². The maximum Gasteiger partial charge on any atom is 0.251 e. The molecule has 1 aliphatic heterocycles. The minimum Gasteiger partial charge on any atom is -0.349 e. The second kappa shape index (κ2) is 6.01. The molecule has 1 heterocycles. The van der Waals surface area contributed by atoms with Crippen LogP contribution >= 0.6 is 0 Å².